The number of hydrogen-bond donors (Lipinski definition) is 0. The largest absolute Gasteiger partial charge is 0.493 e. The van der Waals surface area contributed by atoms with Crippen molar-refractivity contribution in [3.8, 4) is 5.75 Å². The van der Waals surface area contributed by atoms with Crippen LogP contribution in [0.1, 0.15) is 17.9 Å². The zero-order valence-corrected chi connectivity index (χ0v) is 8.33. The van der Waals surface area contributed by atoms with E-state index in [1.165, 1.54) is 19.2 Å². The molecule has 0 bridgehead atoms. The van der Waals surface area contributed by atoms with E-state index in [1.807, 2.05) is 0 Å². The van der Waals surface area contributed by atoms with E-state index in [0.29, 0.717) is 12.4 Å². The predicted octanol–water partition coefficient (Wildman–Crippen LogP) is 1.86. The second-order valence-electron chi connectivity index (χ2n) is 3.47. The highest BCUT2D eigenvalue weighted by Gasteiger charge is 2.26. The van der Waals surface area contributed by atoms with Crippen molar-refractivity contribution in [1.82, 2.24) is 0 Å². The number of ether oxygens (including phenoxy) is 2. The number of hydrogen-bond acceptors (Lipinski definition) is 3. The maximum atomic E-state index is 13.0. The lowest BCUT2D eigenvalue weighted by Crippen LogP contribution is -2.09. The normalized spacial score (nSPS) is 18.1. The molecule has 1 aliphatic rings. The van der Waals surface area contributed by atoms with E-state index in [0.717, 1.165) is 5.56 Å². The van der Waals surface area contributed by atoms with Crippen LogP contribution in [0.15, 0.2) is 18.2 Å². The van der Waals surface area contributed by atoms with E-state index in [1.54, 1.807) is 6.07 Å². The van der Waals surface area contributed by atoms with Gasteiger partial charge in [0.2, 0.25) is 0 Å². The zero-order valence-electron chi connectivity index (χ0n) is 8.33. The van der Waals surface area contributed by atoms with Crippen LogP contribution >= 0.6 is 0 Å². The van der Waals surface area contributed by atoms with Gasteiger partial charge < -0.3 is 9.47 Å². The van der Waals surface area contributed by atoms with Gasteiger partial charge in [-0.2, -0.15) is 0 Å². The average molecular weight is 210 g/mol. The summed E-state index contributed by atoms with van der Waals surface area (Å²) < 4.78 is 22.9. The lowest BCUT2D eigenvalue weighted by Gasteiger charge is -2.06. The summed E-state index contributed by atoms with van der Waals surface area (Å²) in [5.74, 6) is -0.0525. The Morgan fingerprint density at radius 1 is 1.67 bits per heavy atom. The molecule has 0 N–H and O–H groups in total. The van der Waals surface area contributed by atoms with Crippen molar-refractivity contribution >= 4 is 5.97 Å². The Hall–Kier alpha value is -1.58. The monoisotopic (exact) mass is 210 g/mol. The summed E-state index contributed by atoms with van der Waals surface area (Å²) in [6.07, 6.45) is 0.229. The zero-order chi connectivity index (χ0) is 10.8. The first-order valence-electron chi connectivity index (χ1n) is 4.70. The number of esters is 1. The van der Waals surface area contributed by atoms with E-state index in [9.17, 15) is 9.18 Å². The first-order valence-corrected chi connectivity index (χ1v) is 4.70. The smallest absolute Gasteiger partial charge is 0.306 e. The van der Waals surface area contributed by atoms with Crippen molar-refractivity contribution in [3.05, 3.63) is 29.6 Å². The van der Waals surface area contributed by atoms with E-state index >= 15 is 0 Å². The summed E-state index contributed by atoms with van der Waals surface area (Å²) in [7, 11) is 1.34. The second kappa shape index (κ2) is 3.88. The lowest BCUT2D eigenvalue weighted by molar-refractivity contribution is -0.141. The fourth-order valence-corrected chi connectivity index (χ4v) is 1.70. The molecule has 80 valence electrons. The molecule has 4 heteroatoms. The van der Waals surface area contributed by atoms with Crippen LogP contribution < -0.4 is 4.74 Å². The molecule has 1 atom stereocenters. The van der Waals surface area contributed by atoms with Gasteiger partial charge in [0, 0.05) is 11.5 Å². The van der Waals surface area contributed by atoms with Crippen LogP contribution in [-0.4, -0.2) is 19.7 Å². The minimum atomic E-state index is -0.311. The molecule has 0 aliphatic carbocycles. The first kappa shape index (κ1) is 9.96. The summed E-state index contributed by atoms with van der Waals surface area (Å²) in [6, 6.07) is 4.34. The molecule has 15 heavy (non-hydrogen) atoms. The van der Waals surface area contributed by atoms with Gasteiger partial charge in [0.15, 0.2) is 0 Å². The fraction of sp³-hybridized carbons (Fsp3) is 0.364. The fourth-order valence-electron chi connectivity index (χ4n) is 1.70. The van der Waals surface area contributed by atoms with Crippen molar-refractivity contribution in [2.45, 2.75) is 12.3 Å². The minimum absolute atomic E-state index is 0.0943. The molecule has 0 unspecified atom stereocenters. The molecular formula is C11H11FO3. The Kier molecular flexibility index (Phi) is 2.58. The highest BCUT2D eigenvalue weighted by molar-refractivity contribution is 5.71. The van der Waals surface area contributed by atoms with Crippen LogP contribution in [0.3, 0.4) is 0 Å². The van der Waals surface area contributed by atoms with Gasteiger partial charge in [-0.05, 0) is 18.2 Å². The number of carbonyl (C=O) groups excluding carboxylic acids is 1. The molecule has 0 saturated carbocycles. The van der Waals surface area contributed by atoms with Gasteiger partial charge >= 0.3 is 5.97 Å². The van der Waals surface area contributed by atoms with Gasteiger partial charge in [-0.25, -0.2) is 4.39 Å². The minimum Gasteiger partial charge on any atom is -0.493 e. The number of methoxy groups -OCH3 is 1. The Balaban J connectivity index is 2.20. The molecule has 1 aromatic rings. The first-order chi connectivity index (χ1) is 7.20. The molecule has 0 fully saturated rings. The highest BCUT2D eigenvalue weighted by atomic mass is 19.1. The van der Waals surface area contributed by atoms with Crippen LogP contribution in [-0.2, 0) is 9.53 Å². The molecule has 1 aliphatic heterocycles. The number of fused-ring (bicyclic) bond motifs is 1. The maximum Gasteiger partial charge on any atom is 0.306 e. The van der Waals surface area contributed by atoms with Gasteiger partial charge in [0.1, 0.15) is 11.6 Å². The number of halogens is 1. The number of rotatable bonds is 2. The Morgan fingerprint density at radius 3 is 3.20 bits per heavy atom. The van der Waals surface area contributed by atoms with Gasteiger partial charge in [-0.3, -0.25) is 4.79 Å². The number of benzene rings is 1. The van der Waals surface area contributed by atoms with Crippen molar-refractivity contribution in [3.63, 3.8) is 0 Å². The molecule has 0 radical (unpaired) electrons. The third-order valence-corrected chi connectivity index (χ3v) is 2.49. The van der Waals surface area contributed by atoms with Gasteiger partial charge in [0.25, 0.3) is 0 Å². The Bertz CT molecular complexity index is 389. The number of carbonyl (C=O) groups is 1. The summed E-state index contributed by atoms with van der Waals surface area (Å²) in [5.41, 5.74) is 0.750. The van der Waals surface area contributed by atoms with Crippen LogP contribution in [0, 0.1) is 5.82 Å². The topological polar surface area (TPSA) is 35.5 Å². The lowest BCUT2D eigenvalue weighted by atomic mass is 9.98. The SMILES string of the molecule is COC(=O)C[C@@H]1COc2ccc(F)cc21. The van der Waals surface area contributed by atoms with Crippen molar-refractivity contribution in [1.29, 1.82) is 0 Å². The highest BCUT2D eigenvalue weighted by Crippen LogP contribution is 2.36. The molecule has 1 aromatic carbocycles. The van der Waals surface area contributed by atoms with E-state index in [2.05, 4.69) is 4.74 Å². The molecule has 1 heterocycles. The Labute approximate surface area is 86.8 Å². The van der Waals surface area contributed by atoms with Crippen LogP contribution in [0.2, 0.25) is 0 Å². The van der Waals surface area contributed by atoms with Crippen LogP contribution in [0.25, 0.3) is 0 Å². The summed E-state index contributed by atoms with van der Waals surface area (Å²) in [4.78, 5) is 11.1. The van der Waals surface area contributed by atoms with Gasteiger partial charge in [-0.15, -0.1) is 0 Å². The van der Waals surface area contributed by atoms with Crippen LogP contribution in [0.5, 0.6) is 5.75 Å². The molecule has 0 aromatic heterocycles. The van der Waals surface area contributed by atoms with E-state index in [-0.39, 0.29) is 24.1 Å². The summed E-state index contributed by atoms with van der Waals surface area (Å²) in [5, 5.41) is 0. The van der Waals surface area contributed by atoms with Gasteiger partial charge in [0.05, 0.1) is 20.1 Å². The molecular weight excluding hydrogens is 199 g/mol. The summed E-state index contributed by atoms with van der Waals surface area (Å²) in [6.45, 7) is 0.411. The molecule has 0 spiro atoms. The summed E-state index contributed by atoms with van der Waals surface area (Å²) >= 11 is 0. The Morgan fingerprint density at radius 2 is 2.47 bits per heavy atom. The molecule has 2 rings (SSSR count). The van der Waals surface area contributed by atoms with Crippen LogP contribution in [0.4, 0.5) is 4.39 Å². The third kappa shape index (κ3) is 1.93. The molecule has 0 saturated heterocycles. The van der Waals surface area contributed by atoms with Crippen molar-refractivity contribution in [2.75, 3.05) is 13.7 Å². The van der Waals surface area contributed by atoms with E-state index < -0.39 is 0 Å². The average Bonchev–Trinajstić information content (AvgIpc) is 2.61. The van der Waals surface area contributed by atoms with Gasteiger partial charge in [-0.1, -0.05) is 0 Å². The van der Waals surface area contributed by atoms with Crippen molar-refractivity contribution < 1.29 is 18.7 Å². The third-order valence-electron chi connectivity index (χ3n) is 2.49. The quantitative estimate of drug-likeness (QED) is 0.699. The van der Waals surface area contributed by atoms with Crippen molar-refractivity contribution in [2.24, 2.45) is 0 Å². The maximum absolute atomic E-state index is 13.0. The second-order valence-corrected chi connectivity index (χ2v) is 3.47. The predicted molar refractivity (Wildman–Crippen MR) is 51.3 cm³/mol. The molecule has 3 nitrogen and oxygen atoms in total. The van der Waals surface area contributed by atoms with E-state index in [4.69, 9.17) is 4.74 Å². The molecule has 0 amide bonds. The standard InChI is InChI=1S/C11H11FO3/c1-14-11(13)4-7-6-15-10-3-2-8(12)5-9(7)10/h2-3,5,7H,4,6H2,1H3/t7-/m1/s1.